The predicted octanol–water partition coefficient (Wildman–Crippen LogP) is 3.10. The molecule has 130 valence electrons. The zero-order valence-electron chi connectivity index (χ0n) is 13.7. The average molecular weight is 348 g/mol. The van der Waals surface area contributed by atoms with Gasteiger partial charge in [-0.2, -0.15) is 0 Å². The van der Waals surface area contributed by atoms with Gasteiger partial charge in [0.05, 0.1) is 11.1 Å². The molecule has 0 aliphatic carbocycles. The summed E-state index contributed by atoms with van der Waals surface area (Å²) < 4.78 is 18.4. The highest BCUT2D eigenvalue weighted by Crippen LogP contribution is 2.30. The van der Waals surface area contributed by atoms with E-state index < -0.39 is 29.7 Å². The van der Waals surface area contributed by atoms with Gasteiger partial charge in [0.1, 0.15) is 17.5 Å². The lowest BCUT2D eigenvalue weighted by atomic mass is 10.00. The van der Waals surface area contributed by atoms with Crippen molar-refractivity contribution in [3.63, 3.8) is 0 Å². The number of hydrogen-bond donors (Lipinski definition) is 3. The molecule has 1 aromatic rings. The van der Waals surface area contributed by atoms with Gasteiger partial charge < -0.3 is 20.3 Å². The van der Waals surface area contributed by atoms with Gasteiger partial charge in [0.25, 0.3) is 0 Å². The normalized spacial score (nSPS) is 14.3. The number of benzene rings is 1. The van der Waals surface area contributed by atoms with Gasteiger partial charge in [0.2, 0.25) is 0 Å². The molecule has 0 aromatic heterocycles. The summed E-state index contributed by atoms with van der Waals surface area (Å²) in [5, 5.41) is 22.7. The van der Waals surface area contributed by atoms with Crippen molar-refractivity contribution in [1.82, 2.24) is 5.32 Å². The fraction of sp³-hybridized carbons (Fsp3) is 0.562. The van der Waals surface area contributed by atoms with Crippen LogP contribution in [-0.2, 0) is 4.74 Å². The van der Waals surface area contributed by atoms with Crippen molar-refractivity contribution in [2.24, 2.45) is 0 Å². The third-order valence-electron chi connectivity index (χ3n) is 3.14. The Morgan fingerprint density at radius 3 is 2.57 bits per heavy atom. The molecular formula is C16H23ClFNO4. The largest absolute Gasteiger partial charge is 0.444 e. The number of halogens is 2. The fourth-order valence-corrected chi connectivity index (χ4v) is 2.18. The van der Waals surface area contributed by atoms with Crippen LogP contribution in [0, 0.1) is 12.7 Å². The summed E-state index contributed by atoms with van der Waals surface area (Å²) in [6, 6.07) is 2.52. The van der Waals surface area contributed by atoms with Crippen molar-refractivity contribution in [3.8, 4) is 0 Å². The summed E-state index contributed by atoms with van der Waals surface area (Å²) in [6.07, 6.45) is -2.95. The van der Waals surface area contributed by atoms with Crippen LogP contribution >= 0.6 is 11.6 Å². The van der Waals surface area contributed by atoms with E-state index in [9.17, 15) is 19.4 Å². The molecule has 1 amide bonds. The first kappa shape index (κ1) is 19.7. The minimum absolute atomic E-state index is 0.0802. The van der Waals surface area contributed by atoms with Crippen LogP contribution in [0.1, 0.15) is 44.4 Å². The lowest BCUT2D eigenvalue weighted by molar-refractivity contribution is 0.0123. The van der Waals surface area contributed by atoms with Gasteiger partial charge in [-0.15, -0.1) is 0 Å². The molecule has 0 aliphatic heterocycles. The molecule has 23 heavy (non-hydrogen) atoms. The van der Waals surface area contributed by atoms with E-state index in [0.717, 1.165) is 0 Å². The van der Waals surface area contributed by atoms with E-state index in [1.165, 1.54) is 19.1 Å². The van der Waals surface area contributed by atoms with Gasteiger partial charge in [0, 0.05) is 17.7 Å². The second kappa shape index (κ2) is 7.95. The summed E-state index contributed by atoms with van der Waals surface area (Å²) in [4.78, 5) is 11.5. The molecule has 1 rings (SSSR count). The fourth-order valence-electron chi connectivity index (χ4n) is 1.91. The maximum atomic E-state index is 13.4. The van der Waals surface area contributed by atoms with Crippen LogP contribution in [0.4, 0.5) is 9.18 Å². The summed E-state index contributed by atoms with van der Waals surface area (Å²) in [5.74, 6) is -0.480. The molecule has 0 aliphatic rings. The van der Waals surface area contributed by atoms with Crippen LogP contribution in [0.15, 0.2) is 12.1 Å². The SMILES string of the molecule is Cc1c(F)ccc(C(O)C(O)CCNC(=O)OC(C)(C)C)c1Cl. The van der Waals surface area contributed by atoms with E-state index in [2.05, 4.69) is 5.32 Å². The number of carbonyl (C=O) groups excluding carboxylic acids is 1. The van der Waals surface area contributed by atoms with Crippen molar-refractivity contribution < 1.29 is 24.1 Å². The smallest absolute Gasteiger partial charge is 0.407 e. The third kappa shape index (κ3) is 5.97. The average Bonchev–Trinajstić information content (AvgIpc) is 2.42. The van der Waals surface area contributed by atoms with Crippen LogP contribution in [0.3, 0.4) is 0 Å². The molecule has 0 radical (unpaired) electrons. The first-order valence-corrected chi connectivity index (χ1v) is 7.68. The number of amides is 1. The first-order valence-electron chi connectivity index (χ1n) is 7.30. The van der Waals surface area contributed by atoms with Crippen molar-refractivity contribution in [3.05, 3.63) is 34.1 Å². The van der Waals surface area contributed by atoms with Crippen molar-refractivity contribution in [2.75, 3.05) is 6.54 Å². The van der Waals surface area contributed by atoms with Crippen molar-refractivity contribution in [1.29, 1.82) is 0 Å². The van der Waals surface area contributed by atoms with Crippen LogP contribution in [-0.4, -0.2) is 34.6 Å². The molecule has 0 spiro atoms. The standard InChI is InChI=1S/C16H23ClFNO4/c1-9-11(18)6-5-10(13(9)17)14(21)12(20)7-8-19-15(22)23-16(2,3)4/h5-6,12,14,20-21H,7-8H2,1-4H3,(H,19,22). The molecule has 2 atom stereocenters. The lowest BCUT2D eigenvalue weighted by Gasteiger charge is -2.22. The van der Waals surface area contributed by atoms with Crippen molar-refractivity contribution >= 4 is 17.7 Å². The zero-order chi connectivity index (χ0) is 17.8. The Kier molecular flexibility index (Phi) is 6.80. The third-order valence-corrected chi connectivity index (χ3v) is 3.64. The maximum absolute atomic E-state index is 13.4. The Morgan fingerprint density at radius 1 is 1.39 bits per heavy atom. The van der Waals surface area contributed by atoms with Crippen LogP contribution in [0.2, 0.25) is 5.02 Å². The van der Waals surface area contributed by atoms with E-state index in [1.54, 1.807) is 20.8 Å². The second-order valence-corrected chi connectivity index (χ2v) is 6.68. The van der Waals surface area contributed by atoms with Crippen LogP contribution < -0.4 is 5.32 Å². The number of carbonyl (C=O) groups is 1. The van der Waals surface area contributed by atoms with E-state index in [0.29, 0.717) is 0 Å². The highest BCUT2D eigenvalue weighted by Gasteiger charge is 2.23. The molecule has 2 unspecified atom stereocenters. The summed E-state index contributed by atoms with van der Waals surface area (Å²) in [7, 11) is 0. The molecule has 7 heteroatoms. The number of nitrogens with one attached hydrogen (secondary N) is 1. The van der Waals surface area contributed by atoms with Gasteiger partial charge in [-0.25, -0.2) is 9.18 Å². The molecule has 0 heterocycles. The van der Waals surface area contributed by atoms with Gasteiger partial charge in [-0.05, 0) is 40.2 Å². The van der Waals surface area contributed by atoms with Gasteiger partial charge in [-0.3, -0.25) is 0 Å². The number of hydrogen-bond acceptors (Lipinski definition) is 4. The number of rotatable bonds is 5. The van der Waals surface area contributed by atoms with Gasteiger partial charge >= 0.3 is 6.09 Å². The molecule has 0 saturated heterocycles. The van der Waals surface area contributed by atoms with E-state index in [1.807, 2.05) is 0 Å². The van der Waals surface area contributed by atoms with E-state index in [4.69, 9.17) is 16.3 Å². The number of aliphatic hydroxyl groups is 2. The molecule has 0 fully saturated rings. The highest BCUT2D eigenvalue weighted by molar-refractivity contribution is 6.32. The quantitative estimate of drug-likeness (QED) is 0.764. The Morgan fingerprint density at radius 2 is 2.00 bits per heavy atom. The van der Waals surface area contributed by atoms with Gasteiger partial charge in [-0.1, -0.05) is 17.7 Å². The van der Waals surface area contributed by atoms with E-state index >= 15 is 0 Å². The Bertz CT molecular complexity index is 560. The molecular weight excluding hydrogens is 325 g/mol. The van der Waals surface area contributed by atoms with Gasteiger partial charge in [0.15, 0.2) is 0 Å². The lowest BCUT2D eigenvalue weighted by Crippen LogP contribution is -2.34. The predicted molar refractivity (Wildman–Crippen MR) is 86.0 cm³/mol. The number of ether oxygens (including phenoxy) is 1. The minimum atomic E-state index is -1.28. The Balaban J connectivity index is 2.57. The second-order valence-electron chi connectivity index (χ2n) is 6.31. The molecule has 1 aromatic carbocycles. The summed E-state index contributed by atoms with van der Waals surface area (Å²) >= 11 is 5.99. The van der Waals surface area contributed by atoms with Crippen LogP contribution in [0.25, 0.3) is 0 Å². The zero-order valence-corrected chi connectivity index (χ0v) is 14.4. The van der Waals surface area contributed by atoms with Crippen molar-refractivity contribution in [2.45, 2.75) is 51.9 Å². The number of alkyl carbamates (subject to hydrolysis) is 1. The Labute approximate surface area is 140 Å². The summed E-state index contributed by atoms with van der Waals surface area (Å²) in [5.41, 5.74) is -0.154. The topological polar surface area (TPSA) is 78.8 Å². The first-order chi connectivity index (χ1) is 10.5. The van der Waals surface area contributed by atoms with E-state index in [-0.39, 0.29) is 29.1 Å². The maximum Gasteiger partial charge on any atom is 0.407 e. The monoisotopic (exact) mass is 347 g/mol. The molecule has 3 N–H and O–H groups in total. The molecule has 0 saturated carbocycles. The highest BCUT2D eigenvalue weighted by atomic mass is 35.5. The number of aliphatic hydroxyl groups excluding tert-OH is 2. The summed E-state index contributed by atoms with van der Waals surface area (Å²) in [6.45, 7) is 6.83. The molecule has 5 nitrogen and oxygen atoms in total. The molecule has 0 bridgehead atoms. The van der Waals surface area contributed by atoms with Crippen LogP contribution in [0.5, 0.6) is 0 Å². The Hall–Kier alpha value is -1.37. The minimum Gasteiger partial charge on any atom is -0.444 e.